The largest absolute Gasteiger partial charge is 0.469 e. The molecule has 2 heterocycles. The van der Waals surface area contributed by atoms with Gasteiger partial charge < -0.3 is 4.74 Å². The zero-order chi connectivity index (χ0) is 15.1. The van der Waals surface area contributed by atoms with Gasteiger partial charge >= 0.3 is 5.97 Å². The van der Waals surface area contributed by atoms with Crippen molar-refractivity contribution < 1.29 is 14.3 Å². The van der Waals surface area contributed by atoms with Crippen molar-refractivity contribution in [2.75, 3.05) is 18.6 Å². The first-order valence-corrected chi connectivity index (χ1v) is 6.69. The molecule has 0 aliphatic carbocycles. The highest BCUT2D eigenvalue weighted by Gasteiger charge is 2.38. The van der Waals surface area contributed by atoms with Crippen molar-refractivity contribution in [1.29, 1.82) is 0 Å². The molecule has 6 nitrogen and oxygen atoms in total. The number of nitrogens with zero attached hydrogens (tertiary/aromatic N) is 3. The minimum Gasteiger partial charge on any atom is -0.469 e. The molecule has 6 heteroatoms. The van der Waals surface area contributed by atoms with Gasteiger partial charge in [0.1, 0.15) is 5.82 Å². The highest BCUT2D eigenvalue weighted by molar-refractivity contribution is 5.98. The molecular weight excluding hydrogens is 258 g/mol. The molecule has 1 saturated heterocycles. The van der Waals surface area contributed by atoms with Crippen LogP contribution in [0.3, 0.4) is 0 Å². The Morgan fingerprint density at radius 1 is 1.45 bits per heavy atom. The van der Waals surface area contributed by atoms with Gasteiger partial charge in [-0.25, -0.2) is 4.68 Å². The van der Waals surface area contributed by atoms with Gasteiger partial charge in [0.25, 0.3) is 0 Å². The van der Waals surface area contributed by atoms with Crippen LogP contribution in [-0.4, -0.2) is 35.3 Å². The first-order valence-electron chi connectivity index (χ1n) is 6.69. The van der Waals surface area contributed by atoms with E-state index in [1.807, 2.05) is 38.4 Å². The molecule has 1 unspecified atom stereocenters. The zero-order valence-electron chi connectivity index (χ0n) is 12.6. The van der Waals surface area contributed by atoms with E-state index >= 15 is 0 Å². The van der Waals surface area contributed by atoms with Gasteiger partial charge in [-0.15, -0.1) is 0 Å². The van der Waals surface area contributed by atoms with Crippen LogP contribution in [0.2, 0.25) is 0 Å². The lowest BCUT2D eigenvalue weighted by Gasteiger charge is -2.26. The van der Waals surface area contributed by atoms with Gasteiger partial charge in [0.2, 0.25) is 5.91 Å². The lowest BCUT2D eigenvalue weighted by molar-refractivity contribution is -0.145. The molecule has 1 aliphatic rings. The Balaban J connectivity index is 2.33. The van der Waals surface area contributed by atoms with Crippen LogP contribution in [0.15, 0.2) is 6.07 Å². The van der Waals surface area contributed by atoms with Crippen LogP contribution in [0.5, 0.6) is 0 Å². The summed E-state index contributed by atoms with van der Waals surface area (Å²) in [5.41, 5.74) is 0.622. The number of carbonyl (C=O) groups is 2. The topological polar surface area (TPSA) is 64.4 Å². The number of amides is 1. The van der Waals surface area contributed by atoms with E-state index in [0.717, 1.165) is 11.5 Å². The molecule has 2 rings (SSSR count). The normalized spacial score (nSPS) is 19.6. The molecule has 1 atom stereocenters. The van der Waals surface area contributed by atoms with Gasteiger partial charge in [0.05, 0.1) is 24.3 Å². The third-order valence-electron chi connectivity index (χ3n) is 3.38. The second kappa shape index (κ2) is 4.92. The summed E-state index contributed by atoms with van der Waals surface area (Å²) in [6.45, 7) is 8.33. The maximum atomic E-state index is 12.2. The van der Waals surface area contributed by atoms with Crippen LogP contribution >= 0.6 is 0 Å². The Kier molecular flexibility index (Phi) is 3.58. The van der Waals surface area contributed by atoms with E-state index in [9.17, 15) is 9.59 Å². The lowest BCUT2D eigenvalue weighted by atomic mass is 10.1. The molecule has 0 spiro atoms. The van der Waals surface area contributed by atoms with E-state index in [4.69, 9.17) is 4.74 Å². The number of aromatic nitrogens is 2. The van der Waals surface area contributed by atoms with Gasteiger partial charge in [0.15, 0.2) is 0 Å². The first-order chi connectivity index (χ1) is 9.24. The van der Waals surface area contributed by atoms with Gasteiger partial charge in [-0.2, -0.15) is 5.10 Å². The van der Waals surface area contributed by atoms with E-state index in [0.29, 0.717) is 6.54 Å². The van der Waals surface area contributed by atoms with E-state index < -0.39 is 5.92 Å². The average molecular weight is 279 g/mol. The van der Waals surface area contributed by atoms with Gasteiger partial charge in [-0.1, -0.05) is 0 Å². The van der Waals surface area contributed by atoms with Crippen LogP contribution in [0.4, 0.5) is 5.82 Å². The standard InChI is InChI=1S/C14H21N3O3/c1-9-6-11(17(15-9)14(2,3)4)16-8-10(7-12(16)18)13(19)20-5/h6,10H,7-8H2,1-5H3. The van der Waals surface area contributed by atoms with Crippen LogP contribution in [-0.2, 0) is 19.9 Å². The summed E-state index contributed by atoms with van der Waals surface area (Å²) in [5.74, 6) is -0.0484. The summed E-state index contributed by atoms with van der Waals surface area (Å²) in [7, 11) is 1.35. The number of anilines is 1. The highest BCUT2D eigenvalue weighted by Crippen LogP contribution is 2.30. The summed E-state index contributed by atoms with van der Waals surface area (Å²) < 4.78 is 6.56. The molecule has 0 saturated carbocycles. The van der Waals surface area contributed by atoms with Gasteiger partial charge in [-0.05, 0) is 27.7 Å². The number of hydrogen-bond donors (Lipinski definition) is 0. The van der Waals surface area contributed by atoms with Crippen molar-refractivity contribution in [2.24, 2.45) is 5.92 Å². The third-order valence-corrected chi connectivity index (χ3v) is 3.38. The number of ether oxygens (including phenoxy) is 1. The van der Waals surface area contributed by atoms with Crippen LogP contribution < -0.4 is 4.90 Å². The maximum Gasteiger partial charge on any atom is 0.311 e. The molecule has 0 aromatic carbocycles. The summed E-state index contributed by atoms with van der Waals surface area (Å²) >= 11 is 0. The SMILES string of the molecule is COC(=O)C1CC(=O)N(c2cc(C)nn2C(C)(C)C)C1. The maximum absolute atomic E-state index is 12.2. The predicted molar refractivity (Wildman–Crippen MR) is 74.4 cm³/mol. The second-order valence-electron chi connectivity index (χ2n) is 6.16. The Morgan fingerprint density at radius 3 is 2.65 bits per heavy atom. The quantitative estimate of drug-likeness (QED) is 0.769. The lowest BCUT2D eigenvalue weighted by Crippen LogP contribution is -2.33. The third kappa shape index (κ3) is 2.55. The van der Waals surface area contributed by atoms with E-state index in [1.54, 1.807) is 4.90 Å². The average Bonchev–Trinajstić information content (AvgIpc) is 2.90. The molecular formula is C14H21N3O3. The Labute approximate surface area is 118 Å². The molecule has 1 aliphatic heterocycles. The van der Waals surface area contributed by atoms with E-state index in [1.165, 1.54) is 7.11 Å². The summed E-state index contributed by atoms with van der Waals surface area (Å²) in [4.78, 5) is 25.4. The van der Waals surface area contributed by atoms with E-state index in [2.05, 4.69) is 5.10 Å². The molecule has 0 bridgehead atoms. The number of carbonyl (C=O) groups excluding carboxylic acids is 2. The minimum atomic E-state index is -0.392. The summed E-state index contributed by atoms with van der Waals surface area (Å²) in [5, 5.41) is 4.46. The first kappa shape index (κ1) is 14.6. The molecule has 20 heavy (non-hydrogen) atoms. The minimum absolute atomic E-state index is 0.0641. The molecule has 1 aromatic heterocycles. The van der Waals surface area contributed by atoms with Crippen LogP contribution in [0, 0.1) is 12.8 Å². The fraction of sp³-hybridized carbons (Fsp3) is 0.643. The van der Waals surface area contributed by atoms with Gasteiger partial charge in [0, 0.05) is 19.0 Å². The zero-order valence-corrected chi connectivity index (χ0v) is 12.6. The molecule has 110 valence electrons. The fourth-order valence-corrected chi connectivity index (χ4v) is 2.43. The Morgan fingerprint density at radius 2 is 2.10 bits per heavy atom. The summed E-state index contributed by atoms with van der Waals surface area (Å²) in [6.07, 6.45) is 0.195. The Hall–Kier alpha value is -1.85. The number of esters is 1. The number of methoxy groups -OCH3 is 1. The van der Waals surface area contributed by atoms with Crippen molar-refractivity contribution in [3.63, 3.8) is 0 Å². The predicted octanol–water partition coefficient (Wildman–Crippen LogP) is 1.47. The molecule has 0 radical (unpaired) electrons. The summed E-state index contributed by atoms with van der Waals surface area (Å²) in [6, 6.07) is 1.88. The van der Waals surface area contributed by atoms with Crippen molar-refractivity contribution in [1.82, 2.24) is 9.78 Å². The van der Waals surface area contributed by atoms with Crippen molar-refractivity contribution in [3.8, 4) is 0 Å². The van der Waals surface area contributed by atoms with Crippen molar-refractivity contribution >= 4 is 17.7 Å². The van der Waals surface area contributed by atoms with Crippen molar-refractivity contribution in [3.05, 3.63) is 11.8 Å². The molecule has 1 aromatic rings. The Bertz CT molecular complexity index is 542. The number of aryl methyl sites for hydroxylation is 1. The molecule has 1 amide bonds. The number of rotatable bonds is 2. The molecule has 1 fully saturated rings. The van der Waals surface area contributed by atoms with Crippen molar-refractivity contribution in [2.45, 2.75) is 39.7 Å². The fourth-order valence-electron chi connectivity index (χ4n) is 2.43. The van der Waals surface area contributed by atoms with E-state index in [-0.39, 0.29) is 23.8 Å². The van der Waals surface area contributed by atoms with Gasteiger partial charge in [-0.3, -0.25) is 14.5 Å². The smallest absolute Gasteiger partial charge is 0.311 e. The molecule has 0 N–H and O–H groups in total. The highest BCUT2D eigenvalue weighted by atomic mass is 16.5. The van der Waals surface area contributed by atoms with Crippen LogP contribution in [0.1, 0.15) is 32.9 Å². The second-order valence-corrected chi connectivity index (χ2v) is 6.16. The van der Waals surface area contributed by atoms with Crippen LogP contribution in [0.25, 0.3) is 0 Å². The monoisotopic (exact) mass is 279 g/mol. The number of hydrogen-bond acceptors (Lipinski definition) is 4.